The van der Waals surface area contributed by atoms with Crippen LogP contribution in [0.25, 0.3) is 0 Å². The van der Waals surface area contributed by atoms with E-state index in [0.717, 1.165) is 6.42 Å². The van der Waals surface area contributed by atoms with E-state index in [1.165, 1.54) is 4.90 Å². The summed E-state index contributed by atoms with van der Waals surface area (Å²) in [6, 6.07) is 0.468. The molecule has 3 aliphatic rings. The van der Waals surface area contributed by atoms with Gasteiger partial charge in [-0.1, -0.05) is 0 Å². The van der Waals surface area contributed by atoms with Gasteiger partial charge >= 0.3 is 6.09 Å². The van der Waals surface area contributed by atoms with Crippen molar-refractivity contribution in [3.63, 3.8) is 0 Å². The number of ether oxygens (including phenoxy) is 1. The Morgan fingerprint density at radius 3 is 2.67 bits per heavy atom. The monoisotopic (exact) mass is 333 g/mol. The number of nitriles is 1. The van der Waals surface area contributed by atoms with Crippen LogP contribution in [-0.2, 0) is 14.3 Å². The standard InChI is InChI=1S/C17H23N3O4/c1-17(2,3)24-16(23)20-12-7-10(8-13(12)21)14(20)15(22)19-6-4-5-11(19)9-18/h10-12,14H,4-8H2,1-3H3/t10-,11-,12+,14-/m0/s1. The smallest absolute Gasteiger partial charge is 0.411 e. The summed E-state index contributed by atoms with van der Waals surface area (Å²) in [6.07, 6.45) is 1.67. The van der Waals surface area contributed by atoms with Gasteiger partial charge in [-0.3, -0.25) is 14.5 Å². The maximum absolute atomic E-state index is 13.0. The topological polar surface area (TPSA) is 90.7 Å². The highest BCUT2D eigenvalue weighted by Gasteiger charge is 2.57. The fourth-order valence-corrected chi connectivity index (χ4v) is 4.04. The number of rotatable bonds is 1. The van der Waals surface area contributed by atoms with E-state index in [0.29, 0.717) is 25.8 Å². The molecule has 0 aromatic carbocycles. The zero-order valence-corrected chi connectivity index (χ0v) is 14.3. The molecule has 1 aliphatic carbocycles. The van der Waals surface area contributed by atoms with Crippen LogP contribution in [0, 0.1) is 17.2 Å². The molecule has 0 N–H and O–H groups in total. The number of hydrogen-bond acceptors (Lipinski definition) is 5. The van der Waals surface area contributed by atoms with Crippen molar-refractivity contribution in [2.24, 2.45) is 5.92 Å². The van der Waals surface area contributed by atoms with E-state index in [4.69, 9.17) is 4.74 Å². The highest BCUT2D eigenvalue weighted by atomic mass is 16.6. The minimum Gasteiger partial charge on any atom is -0.444 e. The van der Waals surface area contributed by atoms with Gasteiger partial charge < -0.3 is 9.64 Å². The van der Waals surface area contributed by atoms with Gasteiger partial charge in [0.2, 0.25) is 5.91 Å². The van der Waals surface area contributed by atoms with Crippen molar-refractivity contribution in [3.05, 3.63) is 0 Å². The van der Waals surface area contributed by atoms with Crippen molar-refractivity contribution in [1.82, 2.24) is 9.80 Å². The van der Waals surface area contributed by atoms with Crippen LogP contribution >= 0.6 is 0 Å². The molecule has 2 bridgehead atoms. The summed E-state index contributed by atoms with van der Waals surface area (Å²) in [5.41, 5.74) is -0.696. The molecule has 0 radical (unpaired) electrons. The van der Waals surface area contributed by atoms with Crippen molar-refractivity contribution in [3.8, 4) is 6.07 Å². The predicted molar refractivity (Wildman–Crippen MR) is 83.7 cm³/mol. The Labute approximate surface area is 141 Å². The predicted octanol–water partition coefficient (Wildman–Crippen LogP) is 1.47. The fraction of sp³-hybridized carbons (Fsp3) is 0.765. The van der Waals surface area contributed by atoms with Crippen molar-refractivity contribution < 1.29 is 19.1 Å². The van der Waals surface area contributed by atoms with E-state index in [1.54, 1.807) is 25.7 Å². The first-order chi connectivity index (χ1) is 11.2. The molecule has 0 aromatic rings. The number of piperidine rings is 1. The molecular formula is C17H23N3O4. The van der Waals surface area contributed by atoms with E-state index < -0.39 is 29.8 Å². The lowest BCUT2D eigenvalue weighted by Gasteiger charge is -2.37. The van der Waals surface area contributed by atoms with Gasteiger partial charge in [0, 0.05) is 13.0 Å². The quantitative estimate of drug-likeness (QED) is 0.725. The normalized spacial score (nSPS) is 32.2. The summed E-state index contributed by atoms with van der Waals surface area (Å²) in [7, 11) is 0. The maximum atomic E-state index is 13.0. The number of likely N-dealkylation sites (tertiary alicyclic amines) is 2. The summed E-state index contributed by atoms with van der Waals surface area (Å²) < 4.78 is 5.42. The molecule has 7 heteroatoms. The summed E-state index contributed by atoms with van der Waals surface area (Å²) >= 11 is 0. The van der Waals surface area contributed by atoms with Gasteiger partial charge in [-0.25, -0.2) is 4.79 Å². The molecule has 2 amide bonds. The number of carbonyl (C=O) groups is 3. The van der Waals surface area contributed by atoms with Crippen LogP contribution in [0.2, 0.25) is 0 Å². The molecule has 3 fully saturated rings. The van der Waals surface area contributed by atoms with Crippen molar-refractivity contribution in [2.75, 3.05) is 6.54 Å². The second-order valence-corrected chi connectivity index (χ2v) is 7.83. The van der Waals surface area contributed by atoms with Crippen molar-refractivity contribution in [2.45, 2.75) is 70.2 Å². The average Bonchev–Trinajstić information content (AvgIpc) is 3.16. The van der Waals surface area contributed by atoms with Crippen LogP contribution in [0.5, 0.6) is 0 Å². The molecule has 2 heterocycles. The van der Waals surface area contributed by atoms with Crippen LogP contribution in [-0.4, -0.2) is 57.9 Å². The molecule has 2 saturated heterocycles. The van der Waals surface area contributed by atoms with Crippen LogP contribution in [0.3, 0.4) is 0 Å². The molecule has 2 aliphatic heterocycles. The lowest BCUT2D eigenvalue weighted by atomic mass is 9.97. The van der Waals surface area contributed by atoms with Gasteiger partial charge in [0.15, 0.2) is 5.78 Å². The summed E-state index contributed by atoms with van der Waals surface area (Å²) in [5.74, 6) is -0.388. The van der Waals surface area contributed by atoms with E-state index >= 15 is 0 Å². The zero-order valence-electron chi connectivity index (χ0n) is 14.3. The molecule has 4 atom stereocenters. The third-order valence-corrected chi connectivity index (χ3v) is 4.99. The van der Waals surface area contributed by atoms with Crippen LogP contribution in [0.4, 0.5) is 4.79 Å². The van der Waals surface area contributed by atoms with Crippen molar-refractivity contribution >= 4 is 17.8 Å². The minimum atomic E-state index is -0.696. The summed E-state index contributed by atoms with van der Waals surface area (Å²) in [6.45, 7) is 5.79. The second kappa shape index (κ2) is 5.76. The number of hydrogen-bond donors (Lipinski definition) is 0. The van der Waals surface area contributed by atoms with Gasteiger partial charge in [0.25, 0.3) is 0 Å². The number of nitrogens with zero attached hydrogens (tertiary/aromatic N) is 3. The molecule has 7 nitrogen and oxygen atoms in total. The fourth-order valence-electron chi connectivity index (χ4n) is 4.04. The Morgan fingerprint density at radius 1 is 1.33 bits per heavy atom. The van der Waals surface area contributed by atoms with Crippen LogP contribution in [0.15, 0.2) is 0 Å². The number of fused-ring (bicyclic) bond motifs is 2. The first-order valence-electron chi connectivity index (χ1n) is 8.47. The molecular weight excluding hydrogens is 310 g/mol. The first-order valence-corrected chi connectivity index (χ1v) is 8.47. The Kier molecular flexibility index (Phi) is 4.02. The Morgan fingerprint density at radius 2 is 2.04 bits per heavy atom. The lowest BCUT2D eigenvalue weighted by molar-refractivity contribution is -0.140. The highest BCUT2D eigenvalue weighted by Crippen LogP contribution is 2.42. The first kappa shape index (κ1) is 16.7. The third kappa shape index (κ3) is 2.74. The second-order valence-electron chi connectivity index (χ2n) is 7.83. The minimum absolute atomic E-state index is 0.00633. The number of ketones is 1. The van der Waals surface area contributed by atoms with E-state index in [-0.39, 0.29) is 17.6 Å². The largest absolute Gasteiger partial charge is 0.444 e. The summed E-state index contributed by atoms with van der Waals surface area (Å²) in [5, 5.41) is 9.23. The Bertz CT molecular complexity index is 618. The van der Waals surface area contributed by atoms with E-state index in [2.05, 4.69) is 6.07 Å². The highest BCUT2D eigenvalue weighted by molar-refractivity contribution is 5.97. The van der Waals surface area contributed by atoms with Gasteiger partial charge in [-0.05, 0) is 46.0 Å². The number of Topliss-reactive ketones (excluding diaryl/α,β-unsaturated/α-hetero) is 1. The lowest BCUT2D eigenvalue weighted by Crippen LogP contribution is -2.57. The van der Waals surface area contributed by atoms with Gasteiger partial charge in [-0.15, -0.1) is 0 Å². The molecule has 1 saturated carbocycles. The number of amides is 2. The SMILES string of the molecule is CC(C)(C)OC(=O)N1[C@@H]2C[C@@H](CC2=O)[C@H]1C(=O)N1CCC[C@H]1C#N. The molecule has 3 rings (SSSR count). The molecule has 0 unspecified atom stereocenters. The zero-order chi connectivity index (χ0) is 17.6. The molecule has 24 heavy (non-hydrogen) atoms. The Hall–Kier alpha value is -2.10. The third-order valence-electron chi connectivity index (χ3n) is 4.99. The Balaban J connectivity index is 1.85. The van der Waals surface area contributed by atoms with Gasteiger partial charge in [-0.2, -0.15) is 5.26 Å². The van der Waals surface area contributed by atoms with Crippen molar-refractivity contribution in [1.29, 1.82) is 5.26 Å². The van der Waals surface area contributed by atoms with Gasteiger partial charge in [0.05, 0.1) is 12.1 Å². The number of carbonyl (C=O) groups excluding carboxylic acids is 3. The molecule has 0 aromatic heterocycles. The van der Waals surface area contributed by atoms with Crippen LogP contribution < -0.4 is 0 Å². The maximum Gasteiger partial charge on any atom is 0.411 e. The van der Waals surface area contributed by atoms with Crippen LogP contribution in [0.1, 0.15) is 46.5 Å². The molecule has 0 spiro atoms. The summed E-state index contributed by atoms with van der Waals surface area (Å²) in [4.78, 5) is 40.6. The van der Waals surface area contributed by atoms with Gasteiger partial charge in [0.1, 0.15) is 17.7 Å². The van der Waals surface area contributed by atoms with E-state index in [1.807, 2.05) is 0 Å². The average molecular weight is 333 g/mol. The van der Waals surface area contributed by atoms with E-state index in [9.17, 15) is 19.6 Å². The molecule has 130 valence electrons.